The predicted molar refractivity (Wildman–Crippen MR) is 67.0 cm³/mol. The van der Waals surface area contributed by atoms with Crippen molar-refractivity contribution in [2.24, 2.45) is 5.92 Å². The number of rotatable bonds is 3. The molecule has 0 aromatic heterocycles. The monoisotopic (exact) mass is 219 g/mol. The molecule has 1 saturated heterocycles. The molecule has 0 saturated carbocycles. The molecule has 2 rings (SSSR count). The third kappa shape index (κ3) is 2.56. The Morgan fingerprint density at radius 3 is 2.50 bits per heavy atom. The van der Waals surface area contributed by atoms with Gasteiger partial charge in [0.25, 0.3) is 0 Å². The number of benzene rings is 1. The van der Waals surface area contributed by atoms with Crippen molar-refractivity contribution in [3.63, 3.8) is 0 Å². The summed E-state index contributed by atoms with van der Waals surface area (Å²) in [4.78, 5) is 0. The van der Waals surface area contributed by atoms with Crippen molar-refractivity contribution < 1.29 is 4.74 Å². The van der Waals surface area contributed by atoms with Crippen LogP contribution in [0.25, 0.3) is 0 Å². The standard InChI is InChI=1S/C14H21NO/c1-14(2,3)12-6-4-5-7-13(12)16-10-11-8-15-9-11/h4-7,11,15H,8-10H2,1-3H3. The molecule has 1 fully saturated rings. The molecule has 0 spiro atoms. The molecule has 1 heterocycles. The lowest BCUT2D eigenvalue weighted by molar-refractivity contribution is 0.196. The Morgan fingerprint density at radius 2 is 1.94 bits per heavy atom. The molecule has 2 nitrogen and oxygen atoms in total. The van der Waals surface area contributed by atoms with E-state index in [0.717, 1.165) is 25.4 Å². The molecule has 0 bridgehead atoms. The Morgan fingerprint density at radius 1 is 1.25 bits per heavy atom. The molecule has 1 aromatic carbocycles. The first-order valence-electron chi connectivity index (χ1n) is 6.00. The van der Waals surface area contributed by atoms with Gasteiger partial charge < -0.3 is 10.1 Å². The lowest BCUT2D eigenvalue weighted by Crippen LogP contribution is -2.45. The highest BCUT2D eigenvalue weighted by Gasteiger charge is 2.21. The summed E-state index contributed by atoms with van der Waals surface area (Å²) in [5, 5.41) is 3.26. The summed E-state index contributed by atoms with van der Waals surface area (Å²) < 4.78 is 5.93. The van der Waals surface area contributed by atoms with Gasteiger partial charge in [0.05, 0.1) is 6.61 Å². The number of ether oxygens (including phenoxy) is 1. The lowest BCUT2D eigenvalue weighted by atomic mass is 9.86. The maximum absolute atomic E-state index is 5.93. The fraction of sp³-hybridized carbons (Fsp3) is 0.571. The molecule has 0 radical (unpaired) electrons. The summed E-state index contributed by atoms with van der Waals surface area (Å²) in [6, 6.07) is 8.36. The smallest absolute Gasteiger partial charge is 0.123 e. The van der Waals surface area contributed by atoms with Gasteiger partial charge >= 0.3 is 0 Å². The van der Waals surface area contributed by atoms with Gasteiger partial charge in [-0.3, -0.25) is 0 Å². The fourth-order valence-electron chi connectivity index (χ4n) is 1.89. The topological polar surface area (TPSA) is 21.3 Å². The Labute approximate surface area is 98.0 Å². The van der Waals surface area contributed by atoms with Gasteiger partial charge in [0.15, 0.2) is 0 Å². The van der Waals surface area contributed by atoms with Crippen molar-refractivity contribution in [2.45, 2.75) is 26.2 Å². The van der Waals surface area contributed by atoms with Gasteiger partial charge in [0, 0.05) is 19.0 Å². The lowest BCUT2D eigenvalue weighted by Gasteiger charge is -2.28. The summed E-state index contributed by atoms with van der Waals surface area (Å²) in [5.41, 5.74) is 1.44. The highest BCUT2D eigenvalue weighted by Crippen LogP contribution is 2.31. The second-order valence-corrected chi connectivity index (χ2v) is 5.58. The van der Waals surface area contributed by atoms with Gasteiger partial charge in [0.1, 0.15) is 5.75 Å². The zero-order valence-corrected chi connectivity index (χ0v) is 10.4. The highest BCUT2D eigenvalue weighted by molar-refractivity contribution is 5.38. The normalized spacial score (nSPS) is 16.9. The third-order valence-corrected chi connectivity index (χ3v) is 3.04. The van der Waals surface area contributed by atoms with Crippen LogP contribution in [0.1, 0.15) is 26.3 Å². The van der Waals surface area contributed by atoms with Crippen LogP contribution in [0.5, 0.6) is 5.75 Å². The molecule has 1 N–H and O–H groups in total. The van der Waals surface area contributed by atoms with Crippen molar-refractivity contribution in [1.29, 1.82) is 0 Å². The maximum Gasteiger partial charge on any atom is 0.123 e. The van der Waals surface area contributed by atoms with Crippen molar-refractivity contribution in [1.82, 2.24) is 5.32 Å². The van der Waals surface area contributed by atoms with Crippen LogP contribution in [-0.4, -0.2) is 19.7 Å². The van der Waals surface area contributed by atoms with Gasteiger partial charge in [-0.1, -0.05) is 39.0 Å². The van der Waals surface area contributed by atoms with Crippen LogP contribution in [0.4, 0.5) is 0 Å². The molecule has 0 aliphatic carbocycles. The number of hydrogen-bond acceptors (Lipinski definition) is 2. The first-order valence-corrected chi connectivity index (χ1v) is 6.00. The minimum atomic E-state index is 0.147. The molecule has 1 aliphatic rings. The van der Waals surface area contributed by atoms with Crippen molar-refractivity contribution in [3.05, 3.63) is 29.8 Å². The van der Waals surface area contributed by atoms with Crippen molar-refractivity contribution >= 4 is 0 Å². The SMILES string of the molecule is CC(C)(C)c1ccccc1OCC1CNC1. The third-order valence-electron chi connectivity index (χ3n) is 3.04. The van der Waals surface area contributed by atoms with E-state index in [2.05, 4.69) is 44.3 Å². The van der Waals surface area contributed by atoms with Crippen LogP contribution in [0.15, 0.2) is 24.3 Å². The van der Waals surface area contributed by atoms with Gasteiger partial charge in [-0.05, 0) is 17.0 Å². The molecule has 0 atom stereocenters. The molecule has 0 unspecified atom stereocenters. The number of para-hydroxylation sites is 1. The largest absolute Gasteiger partial charge is 0.493 e. The van der Waals surface area contributed by atoms with Crippen LogP contribution >= 0.6 is 0 Å². The molecular weight excluding hydrogens is 198 g/mol. The van der Waals surface area contributed by atoms with Gasteiger partial charge in [0.2, 0.25) is 0 Å². The van der Waals surface area contributed by atoms with Crippen LogP contribution in [0.2, 0.25) is 0 Å². The molecule has 1 aromatic rings. The van der Waals surface area contributed by atoms with Crippen molar-refractivity contribution in [2.75, 3.05) is 19.7 Å². The first-order chi connectivity index (χ1) is 7.57. The zero-order chi connectivity index (χ0) is 11.6. The summed E-state index contributed by atoms with van der Waals surface area (Å²) in [6.07, 6.45) is 0. The summed E-state index contributed by atoms with van der Waals surface area (Å²) >= 11 is 0. The van der Waals surface area contributed by atoms with Crippen LogP contribution in [0.3, 0.4) is 0 Å². The first kappa shape index (κ1) is 11.5. The number of nitrogens with one attached hydrogen (secondary N) is 1. The second-order valence-electron chi connectivity index (χ2n) is 5.58. The molecule has 1 aliphatic heterocycles. The van der Waals surface area contributed by atoms with Gasteiger partial charge in [-0.2, -0.15) is 0 Å². The quantitative estimate of drug-likeness (QED) is 0.843. The van der Waals surface area contributed by atoms with Crippen LogP contribution in [-0.2, 0) is 5.41 Å². The Hall–Kier alpha value is -1.02. The maximum atomic E-state index is 5.93. The van der Waals surface area contributed by atoms with E-state index in [1.165, 1.54) is 5.56 Å². The van der Waals surface area contributed by atoms with E-state index in [4.69, 9.17) is 4.74 Å². The second kappa shape index (κ2) is 4.46. The number of hydrogen-bond donors (Lipinski definition) is 1. The molecule has 2 heteroatoms. The van der Waals surface area contributed by atoms with E-state index in [0.29, 0.717) is 5.92 Å². The highest BCUT2D eigenvalue weighted by atomic mass is 16.5. The van der Waals surface area contributed by atoms with E-state index in [9.17, 15) is 0 Å². The minimum absolute atomic E-state index is 0.147. The van der Waals surface area contributed by atoms with E-state index in [-0.39, 0.29) is 5.41 Å². The van der Waals surface area contributed by atoms with Crippen molar-refractivity contribution in [3.8, 4) is 5.75 Å². The Bertz CT molecular complexity index is 350. The molecule has 88 valence electrons. The summed E-state index contributed by atoms with van der Waals surface area (Å²) in [6.45, 7) is 9.69. The van der Waals surface area contributed by atoms with E-state index >= 15 is 0 Å². The predicted octanol–water partition coefficient (Wildman–Crippen LogP) is 2.58. The van der Waals surface area contributed by atoms with E-state index < -0.39 is 0 Å². The molecular formula is C14H21NO. The zero-order valence-electron chi connectivity index (χ0n) is 10.4. The Kier molecular flexibility index (Phi) is 3.20. The Balaban J connectivity index is 2.06. The summed E-state index contributed by atoms with van der Waals surface area (Å²) in [5.74, 6) is 1.73. The van der Waals surface area contributed by atoms with Gasteiger partial charge in [-0.25, -0.2) is 0 Å². The minimum Gasteiger partial charge on any atom is -0.493 e. The molecule has 16 heavy (non-hydrogen) atoms. The fourth-order valence-corrected chi connectivity index (χ4v) is 1.89. The van der Waals surface area contributed by atoms with Crippen LogP contribution in [0, 0.1) is 5.92 Å². The van der Waals surface area contributed by atoms with Crippen LogP contribution < -0.4 is 10.1 Å². The average Bonchev–Trinajstić information content (AvgIpc) is 2.14. The average molecular weight is 219 g/mol. The van der Waals surface area contributed by atoms with Gasteiger partial charge in [-0.15, -0.1) is 0 Å². The molecule has 0 amide bonds. The van der Waals surface area contributed by atoms with E-state index in [1.54, 1.807) is 0 Å². The van der Waals surface area contributed by atoms with E-state index in [1.807, 2.05) is 6.07 Å². The summed E-state index contributed by atoms with van der Waals surface area (Å²) in [7, 11) is 0.